The molecule has 1 atom stereocenters. The van der Waals surface area contributed by atoms with Crippen molar-refractivity contribution in [1.82, 2.24) is 14.5 Å². The molecule has 0 spiro atoms. The third kappa shape index (κ3) is 6.21. The highest BCUT2D eigenvalue weighted by Gasteiger charge is 2.26. The van der Waals surface area contributed by atoms with E-state index in [0.29, 0.717) is 18.0 Å². The smallest absolute Gasteiger partial charge is 0.240 e. The first-order chi connectivity index (χ1) is 15.9. The van der Waals surface area contributed by atoms with Crippen LogP contribution in [-0.2, 0) is 10.0 Å². The Bertz CT molecular complexity index is 1130. The fraction of sp³-hybridized carbons (Fsp3) is 0.308. The van der Waals surface area contributed by atoms with Gasteiger partial charge in [-0.05, 0) is 55.9 Å². The quantitative estimate of drug-likeness (QED) is 0.544. The summed E-state index contributed by atoms with van der Waals surface area (Å²) in [5, 5.41) is 0. The van der Waals surface area contributed by atoms with Crippen LogP contribution in [0.15, 0.2) is 83.8 Å². The molecule has 1 aliphatic rings. The van der Waals surface area contributed by atoms with Crippen LogP contribution in [0.25, 0.3) is 0 Å². The Morgan fingerprint density at radius 1 is 0.848 bits per heavy atom. The highest BCUT2D eigenvalue weighted by Crippen LogP contribution is 2.25. The van der Waals surface area contributed by atoms with E-state index in [9.17, 15) is 8.42 Å². The highest BCUT2D eigenvalue weighted by molar-refractivity contribution is 7.89. The maximum atomic E-state index is 13.0. The SMILES string of the molecule is Cc1ccc(C(CNS(=O)(=O)c2ccc(Oc3ccccc3)cc2)N2CCN(C)CC2)cc1. The van der Waals surface area contributed by atoms with Crippen molar-refractivity contribution in [3.05, 3.63) is 90.0 Å². The van der Waals surface area contributed by atoms with Gasteiger partial charge < -0.3 is 9.64 Å². The first kappa shape index (κ1) is 23.4. The zero-order chi connectivity index (χ0) is 23.3. The fourth-order valence-electron chi connectivity index (χ4n) is 3.96. The minimum atomic E-state index is -3.65. The summed E-state index contributed by atoms with van der Waals surface area (Å²) in [6, 6.07) is 24.3. The van der Waals surface area contributed by atoms with Crippen LogP contribution in [0.2, 0.25) is 0 Å². The summed E-state index contributed by atoms with van der Waals surface area (Å²) in [4.78, 5) is 4.89. The lowest BCUT2D eigenvalue weighted by Crippen LogP contribution is -2.48. The molecule has 0 aliphatic carbocycles. The lowest BCUT2D eigenvalue weighted by molar-refractivity contribution is 0.113. The monoisotopic (exact) mass is 465 g/mol. The molecule has 6 nitrogen and oxygen atoms in total. The molecule has 0 amide bonds. The number of benzene rings is 3. The van der Waals surface area contributed by atoms with Gasteiger partial charge in [0, 0.05) is 38.8 Å². The van der Waals surface area contributed by atoms with Gasteiger partial charge in [-0.3, -0.25) is 4.90 Å². The Morgan fingerprint density at radius 2 is 1.45 bits per heavy atom. The lowest BCUT2D eigenvalue weighted by Gasteiger charge is -2.38. The maximum absolute atomic E-state index is 13.0. The van der Waals surface area contributed by atoms with Gasteiger partial charge >= 0.3 is 0 Å². The topological polar surface area (TPSA) is 61.9 Å². The summed E-state index contributed by atoms with van der Waals surface area (Å²) in [5.41, 5.74) is 2.31. The van der Waals surface area contributed by atoms with Crippen LogP contribution in [-0.4, -0.2) is 58.0 Å². The normalized spacial score (nSPS) is 16.4. The fourth-order valence-corrected chi connectivity index (χ4v) is 5.00. The van der Waals surface area contributed by atoms with E-state index in [1.807, 2.05) is 30.3 Å². The molecule has 0 bridgehead atoms. The largest absolute Gasteiger partial charge is 0.457 e. The zero-order valence-electron chi connectivity index (χ0n) is 19.1. The summed E-state index contributed by atoms with van der Waals surface area (Å²) in [5.74, 6) is 1.30. The van der Waals surface area contributed by atoms with Crippen molar-refractivity contribution < 1.29 is 13.2 Å². The maximum Gasteiger partial charge on any atom is 0.240 e. The molecule has 1 aliphatic heterocycles. The molecule has 7 heteroatoms. The molecule has 1 fully saturated rings. The van der Waals surface area contributed by atoms with E-state index in [0.717, 1.165) is 31.7 Å². The number of nitrogens with zero attached hydrogens (tertiary/aromatic N) is 2. The number of ether oxygens (including phenoxy) is 1. The van der Waals surface area contributed by atoms with Crippen LogP contribution in [0.4, 0.5) is 0 Å². The van der Waals surface area contributed by atoms with Crippen molar-refractivity contribution in [3.63, 3.8) is 0 Å². The van der Waals surface area contributed by atoms with Gasteiger partial charge in [-0.1, -0.05) is 48.0 Å². The number of para-hydroxylation sites is 1. The molecule has 0 saturated carbocycles. The van der Waals surface area contributed by atoms with Crippen molar-refractivity contribution >= 4 is 10.0 Å². The highest BCUT2D eigenvalue weighted by atomic mass is 32.2. The van der Waals surface area contributed by atoms with Gasteiger partial charge in [0.2, 0.25) is 10.0 Å². The Hall–Kier alpha value is -2.71. The molecule has 1 saturated heterocycles. The zero-order valence-corrected chi connectivity index (χ0v) is 20.0. The first-order valence-electron chi connectivity index (χ1n) is 11.2. The second kappa shape index (κ2) is 10.5. The molecule has 4 rings (SSSR count). The number of sulfonamides is 1. The molecule has 0 aromatic heterocycles. The third-order valence-corrected chi connectivity index (χ3v) is 7.46. The number of hydrogen-bond donors (Lipinski definition) is 1. The van der Waals surface area contributed by atoms with Gasteiger partial charge in [-0.15, -0.1) is 0 Å². The van der Waals surface area contributed by atoms with Crippen molar-refractivity contribution in [2.45, 2.75) is 17.9 Å². The van der Waals surface area contributed by atoms with Crippen LogP contribution in [0.3, 0.4) is 0 Å². The lowest BCUT2D eigenvalue weighted by atomic mass is 10.0. The van der Waals surface area contributed by atoms with Crippen LogP contribution in [0, 0.1) is 6.92 Å². The molecule has 33 heavy (non-hydrogen) atoms. The number of piperazine rings is 1. The second-order valence-electron chi connectivity index (χ2n) is 8.50. The van der Waals surface area contributed by atoms with E-state index in [1.165, 1.54) is 5.56 Å². The third-order valence-electron chi connectivity index (χ3n) is 6.02. The minimum Gasteiger partial charge on any atom is -0.457 e. The minimum absolute atomic E-state index is 0.0187. The Morgan fingerprint density at radius 3 is 2.09 bits per heavy atom. The number of hydrogen-bond acceptors (Lipinski definition) is 5. The average Bonchev–Trinajstić information content (AvgIpc) is 2.82. The van der Waals surface area contributed by atoms with Crippen molar-refractivity contribution in [3.8, 4) is 11.5 Å². The Balaban J connectivity index is 1.46. The van der Waals surface area contributed by atoms with Crippen LogP contribution >= 0.6 is 0 Å². The van der Waals surface area contributed by atoms with Crippen molar-refractivity contribution in [1.29, 1.82) is 0 Å². The van der Waals surface area contributed by atoms with Crippen molar-refractivity contribution in [2.24, 2.45) is 0 Å². The van der Waals surface area contributed by atoms with E-state index in [4.69, 9.17) is 4.74 Å². The number of nitrogens with one attached hydrogen (secondary N) is 1. The number of likely N-dealkylation sites (N-methyl/N-ethyl adjacent to an activating group) is 1. The molecule has 3 aromatic carbocycles. The predicted molar refractivity (Wildman–Crippen MR) is 131 cm³/mol. The van der Waals surface area contributed by atoms with Crippen LogP contribution in [0.5, 0.6) is 11.5 Å². The summed E-state index contributed by atoms with van der Waals surface area (Å²) in [6.45, 7) is 6.13. The molecule has 3 aromatic rings. The van der Waals surface area contributed by atoms with Gasteiger partial charge in [-0.2, -0.15) is 0 Å². The predicted octanol–water partition coefficient (Wildman–Crippen LogP) is 4.05. The van der Waals surface area contributed by atoms with Crippen LogP contribution < -0.4 is 9.46 Å². The molecule has 174 valence electrons. The number of rotatable bonds is 8. The average molecular weight is 466 g/mol. The first-order valence-corrected chi connectivity index (χ1v) is 12.7. The van der Waals surface area contributed by atoms with Gasteiger partial charge in [0.25, 0.3) is 0 Å². The van der Waals surface area contributed by atoms with E-state index >= 15 is 0 Å². The molecule has 0 radical (unpaired) electrons. The number of aryl methyl sites for hydroxylation is 1. The van der Waals surface area contributed by atoms with Gasteiger partial charge in [-0.25, -0.2) is 13.1 Å². The second-order valence-corrected chi connectivity index (χ2v) is 10.3. The van der Waals surface area contributed by atoms with Gasteiger partial charge in [0.15, 0.2) is 0 Å². The van der Waals surface area contributed by atoms with E-state index in [2.05, 4.69) is 52.8 Å². The van der Waals surface area contributed by atoms with Gasteiger partial charge in [0.05, 0.1) is 4.90 Å². The molecule has 1 heterocycles. The molecular weight excluding hydrogens is 434 g/mol. The summed E-state index contributed by atoms with van der Waals surface area (Å²) in [6.07, 6.45) is 0. The van der Waals surface area contributed by atoms with Crippen molar-refractivity contribution in [2.75, 3.05) is 39.8 Å². The molecular formula is C26H31N3O3S. The molecule has 1 unspecified atom stereocenters. The summed E-state index contributed by atoms with van der Waals surface area (Å²) < 4.78 is 34.7. The standard InChI is InChI=1S/C26H31N3O3S/c1-21-8-10-22(11-9-21)26(29-18-16-28(2)17-19-29)20-27-33(30,31)25-14-12-24(13-15-25)32-23-6-4-3-5-7-23/h3-15,26-27H,16-20H2,1-2H3. The van der Waals surface area contributed by atoms with Gasteiger partial charge in [0.1, 0.15) is 11.5 Å². The summed E-state index contributed by atoms with van der Waals surface area (Å²) in [7, 11) is -1.54. The van der Waals surface area contributed by atoms with E-state index in [-0.39, 0.29) is 10.9 Å². The van der Waals surface area contributed by atoms with E-state index < -0.39 is 10.0 Å². The Kier molecular flexibility index (Phi) is 7.45. The van der Waals surface area contributed by atoms with Crippen LogP contribution in [0.1, 0.15) is 17.2 Å². The molecule has 1 N–H and O–H groups in total. The van der Waals surface area contributed by atoms with E-state index in [1.54, 1.807) is 24.3 Å². The Labute approximate surface area is 196 Å². The summed E-state index contributed by atoms with van der Waals surface area (Å²) >= 11 is 0.